The minimum Gasteiger partial charge on any atom is -0.456 e. The lowest BCUT2D eigenvalue weighted by Gasteiger charge is -2.33. The van der Waals surface area contributed by atoms with Gasteiger partial charge in [0.1, 0.15) is 22.3 Å². The number of hydrogen-bond donors (Lipinski definition) is 0. The van der Waals surface area contributed by atoms with E-state index in [9.17, 15) is 0 Å². The summed E-state index contributed by atoms with van der Waals surface area (Å²) in [6.45, 7) is 9.70. The molecule has 472 valence electrons. The quantitative estimate of drug-likeness (QED) is 0.171. The highest BCUT2D eigenvalue weighted by molar-refractivity contribution is 6.21. The van der Waals surface area contributed by atoms with E-state index in [1.54, 1.807) is 0 Å². The van der Waals surface area contributed by atoms with Crippen LogP contribution in [0.5, 0.6) is 0 Å². The van der Waals surface area contributed by atoms with Crippen molar-refractivity contribution < 1.29 is 8.83 Å². The zero-order chi connectivity index (χ0) is 66.6. The van der Waals surface area contributed by atoms with E-state index in [2.05, 4.69) is 312 Å². The van der Waals surface area contributed by atoms with Gasteiger partial charge in [0.05, 0.1) is 10.8 Å². The van der Waals surface area contributed by atoms with Crippen LogP contribution in [-0.2, 0) is 21.7 Å². The number of furan rings is 2. The first-order valence-electron chi connectivity index (χ1n) is 35.2. The van der Waals surface area contributed by atoms with E-state index >= 15 is 0 Å². The summed E-state index contributed by atoms with van der Waals surface area (Å²) in [6, 6.07) is 108. The van der Waals surface area contributed by atoms with Gasteiger partial charge < -0.3 is 8.83 Å². The monoisotopic (exact) mass is 1290 g/mol. The number of anilines is 3. The number of rotatable bonds is 5. The van der Waals surface area contributed by atoms with Gasteiger partial charge in [0.2, 0.25) is 5.95 Å². The topological polar surface area (TPSA) is 68.2 Å². The van der Waals surface area contributed by atoms with Gasteiger partial charge in [-0.25, -0.2) is 4.98 Å². The standard InChI is InChI=1S/C95H60N4O2/c1-92(2)68-36-18-15-33-62(68)85-87(92)86-83(84-65-35-17-24-42-79(65)101-88(84)85)63-46-44-55(49-74(63)93(86,3)4)99(91-97-89(53-25-7-5-8-26-53)96-90(98-91)54-27-9-6-10-28-54)56-43-45-61-66-51-77-67(52-76(66)95(75(61)50-56)71-39-21-13-31-59(71)60-32-14-22-40-72(60)95)81-73(47-48-80-82(81)64-34-16-23-41-78(64)100-80)94(77)69-37-19-11-29-57(69)58-30-12-20-38-70(58)94/h5-52H,1-4H3. The van der Waals surface area contributed by atoms with Gasteiger partial charge in [0.15, 0.2) is 11.6 Å². The normalized spacial score (nSPS) is 15.2. The SMILES string of the molecule is CC1(C)c2ccccc2-c2c1c1c(c3c2oc2ccccc23)-c2ccc(N(c3ccc4c(c3)C3(c5ccccc5-c5ccccc53)c3cc5c(cc3-4)C3(c4ccccc4-c4ccccc43)c3ccc4oc6ccccc6c4c3-5)c3nc(-c4ccccc4)nc(-c4ccccc4)n3)cc2C1(C)C. The van der Waals surface area contributed by atoms with Crippen molar-refractivity contribution in [2.24, 2.45) is 0 Å². The Balaban J connectivity index is 0.817. The lowest BCUT2D eigenvalue weighted by atomic mass is 9.68. The summed E-state index contributed by atoms with van der Waals surface area (Å²) in [5.41, 5.74) is 35.2. The van der Waals surface area contributed by atoms with Crippen LogP contribution >= 0.6 is 0 Å². The number of aromatic nitrogens is 3. The fourth-order valence-electron chi connectivity index (χ4n) is 20.1. The molecule has 0 saturated carbocycles. The molecule has 0 unspecified atom stereocenters. The van der Waals surface area contributed by atoms with Crippen molar-refractivity contribution in [2.75, 3.05) is 4.90 Å². The van der Waals surface area contributed by atoms with Crippen LogP contribution in [0.15, 0.2) is 300 Å². The maximum absolute atomic E-state index is 7.16. The van der Waals surface area contributed by atoms with Crippen molar-refractivity contribution in [2.45, 2.75) is 49.4 Å². The van der Waals surface area contributed by atoms with E-state index in [1.807, 2.05) is 12.1 Å². The van der Waals surface area contributed by atoms with Crippen LogP contribution in [-0.4, -0.2) is 15.0 Å². The summed E-state index contributed by atoms with van der Waals surface area (Å²) in [4.78, 5) is 19.0. The van der Waals surface area contributed by atoms with Crippen molar-refractivity contribution in [1.82, 2.24) is 15.0 Å². The first kappa shape index (κ1) is 55.5. The Hall–Kier alpha value is -12.5. The maximum Gasteiger partial charge on any atom is 0.238 e. The van der Waals surface area contributed by atoms with Crippen molar-refractivity contribution in [3.63, 3.8) is 0 Å². The van der Waals surface area contributed by atoms with Crippen LogP contribution in [0.1, 0.15) is 94.5 Å². The summed E-state index contributed by atoms with van der Waals surface area (Å²) in [7, 11) is 0. The molecule has 3 aromatic heterocycles. The van der Waals surface area contributed by atoms with Crippen LogP contribution in [0.3, 0.4) is 0 Å². The minimum atomic E-state index is -0.781. The second-order valence-corrected chi connectivity index (χ2v) is 29.5. The van der Waals surface area contributed by atoms with Gasteiger partial charge in [-0.15, -0.1) is 0 Å². The van der Waals surface area contributed by atoms with Gasteiger partial charge in [-0.05, 0) is 183 Å². The van der Waals surface area contributed by atoms with Crippen LogP contribution in [0.4, 0.5) is 17.3 Å². The smallest absolute Gasteiger partial charge is 0.238 e. The molecule has 3 heterocycles. The Bertz CT molecular complexity index is 6460. The van der Waals surface area contributed by atoms with Crippen molar-refractivity contribution in [3.05, 3.63) is 358 Å². The van der Waals surface area contributed by atoms with Gasteiger partial charge in [-0.3, -0.25) is 4.90 Å². The molecule has 2 spiro atoms. The van der Waals surface area contributed by atoms with Gasteiger partial charge in [0.25, 0.3) is 0 Å². The Labute approximate surface area is 583 Å². The number of hydrogen-bond acceptors (Lipinski definition) is 6. The Morgan fingerprint density at radius 2 is 0.703 bits per heavy atom. The molecule has 6 aliphatic carbocycles. The molecule has 23 rings (SSSR count). The molecule has 0 atom stereocenters. The largest absolute Gasteiger partial charge is 0.456 e. The fourth-order valence-corrected chi connectivity index (χ4v) is 20.1. The van der Waals surface area contributed by atoms with Gasteiger partial charge in [0, 0.05) is 60.4 Å². The highest BCUT2D eigenvalue weighted by Gasteiger charge is 2.57. The van der Waals surface area contributed by atoms with E-state index in [4.69, 9.17) is 23.8 Å². The Morgan fingerprint density at radius 1 is 0.277 bits per heavy atom. The average molecular weight is 1290 g/mol. The molecule has 6 heteroatoms. The van der Waals surface area contributed by atoms with E-state index in [-0.39, 0.29) is 5.41 Å². The lowest BCUT2D eigenvalue weighted by Crippen LogP contribution is -2.27. The third-order valence-corrected chi connectivity index (χ3v) is 24.1. The third kappa shape index (κ3) is 6.76. The fraction of sp³-hybridized carbons (Fsp3) is 0.0842. The summed E-state index contributed by atoms with van der Waals surface area (Å²) in [5, 5.41) is 4.56. The first-order valence-corrected chi connectivity index (χ1v) is 35.2. The second-order valence-electron chi connectivity index (χ2n) is 29.5. The number of benzene rings is 14. The molecular formula is C95H60N4O2. The molecule has 6 aliphatic rings. The summed E-state index contributed by atoms with van der Waals surface area (Å²) >= 11 is 0. The van der Waals surface area contributed by atoms with Crippen LogP contribution in [0, 0.1) is 0 Å². The zero-order valence-electron chi connectivity index (χ0n) is 55.8. The summed E-state index contributed by atoms with van der Waals surface area (Å²) in [5.74, 6) is 1.68. The summed E-state index contributed by atoms with van der Waals surface area (Å²) < 4.78 is 14.0. The first-order chi connectivity index (χ1) is 49.6. The van der Waals surface area contributed by atoms with Crippen LogP contribution in [0.2, 0.25) is 0 Å². The van der Waals surface area contributed by atoms with E-state index in [1.165, 1.54) is 139 Å². The van der Waals surface area contributed by atoms with Crippen molar-refractivity contribution in [1.29, 1.82) is 0 Å². The molecule has 17 aromatic rings. The minimum absolute atomic E-state index is 0.324. The molecule has 101 heavy (non-hydrogen) atoms. The van der Waals surface area contributed by atoms with Crippen molar-refractivity contribution >= 4 is 61.2 Å². The second kappa shape index (κ2) is 19.2. The highest BCUT2D eigenvalue weighted by atomic mass is 16.3. The van der Waals surface area contributed by atoms with E-state index < -0.39 is 16.2 Å². The third-order valence-electron chi connectivity index (χ3n) is 24.1. The van der Waals surface area contributed by atoms with Gasteiger partial charge in [-0.1, -0.05) is 264 Å². The molecule has 0 N–H and O–H groups in total. The predicted molar refractivity (Wildman–Crippen MR) is 408 cm³/mol. The maximum atomic E-state index is 7.16. The molecule has 0 fully saturated rings. The molecule has 0 amide bonds. The van der Waals surface area contributed by atoms with Crippen molar-refractivity contribution in [3.8, 4) is 89.5 Å². The molecule has 0 radical (unpaired) electrons. The number of para-hydroxylation sites is 2. The number of fused-ring (bicyclic) bond motifs is 36. The lowest BCUT2D eigenvalue weighted by molar-refractivity contribution is 0.600. The molecule has 0 aliphatic heterocycles. The zero-order valence-corrected chi connectivity index (χ0v) is 55.8. The predicted octanol–water partition coefficient (Wildman–Crippen LogP) is 23.8. The molecule has 0 bridgehead atoms. The summed E-state index contributed by atoms with van der Waals surface area (Å²) in [6.07, 6.45) is 0. The van der Waals surface area contributed by atoms with E-state index in [0.29, 0.717) is 17.6 Å². The van der Waals surface area contributed by atoms with E-state index in [0.717, 1.165) is 61.0 Å². The Kier molecular flexibility index (Phi) is 10.6. The van der Waals surface area contributed by atoms with Gasteiger partial charge in [-0.2, -0.15) is 9.97 Å². The number of nitrogens with zero attached hydrogens (tertiary/aromatic N) is 4. The van der Waals surface area contributed by atoms with Crippen LogP contribution in [0.25, 0.3) is 133 Å². The highest BCUT2D eigenvalue weighted by Crippen LogP contribution is 2.70. The Morgan fingerprint density at radius 3 is 1.31 bits per heavy atom. The molecular weight excluding hydrogens is 1230 g/mol. The molecule has 14 aromatic carbocycles. The van der Waals surface area contributed by atoms with Crippen LogP contribution < -0.4 is 4.90 Å². The molecule has 0 saturated heterocycles. The van der Waals surface area contributed by atoms with Gasteiger partial charge >= 0.3 is 0 Å². The molecule has 6 nitrogen and oxygen atoms in total. The average Bonchev–Trinajstić information content (AvgIpc) is 1.49.